The molecule has 2 aromatic carbocycles. The Bertz CT molecular complexity index is 942. The number of nitrogens with zero attached hydrogens (tertiary/aromatic N) is 2. The first kappa shape index (κ1) is 21.0. The number of likely N-dealkylation sites (tertiary alicyclic amines) is 1. The van der Waals surface area contributed by atoms with Gasteiger partial charge >= 0.3 is 0 Å². The average Bonchev–Trinajstić information content (AvgIpc) is 3.21. The Morgan fingerprint density at radius 1 is 0.900 bits per heavy atom. The molecule has 2 heterocycles. The maximum atomic E-state index is 12.7. The molecule has 2 aromatic rings. The Kier molecular flexibility index (Phi) is 6.51. The second-order valence-corrected chi connectivity index (χ2v) is 10.1. The number of amides is 1. The Hall–Kier alpha value is -2.22. The van der Waals surface area contributed by atoms with Crippen molar-refractivity contribution in [2.24, 2.45) is 5.92 Å². The summed E-state index contributed by atoms with van der Waals surface area (Å²) >= 11 is 0. The summed E-state index contributed by atoms with van der Waals surface area (Å²) in [5.74, 6) is -0.0475. The molecule has 7 heteroatoms. The van der Waals surface area contributed by atoms with Crippen molar-refractivity contribution < 1.29 is 13.2 Å². The number of carbonyl (C=O) groups is 1. The van der Waals surface area contributed by atoms with Crippen molar-refractivity contribution in [3.8, 4) is 0 Å². The number of piperidine rings is 1. The Morgan fingerprint density at radius 3 is 2.20 bits per heavy atom. The van der Waals surface area contributed by atoms with E-state index >= 15 is 0 Å². The van der Waals surface area contributed by atoms with Crippen LogP contribution in [0, 0.1) is 5.92 Å². The molecule has 2 saturated heterocycles. The number of carbonyl (C=O) groups excluding carboxylic acids is 1. The number of benzene rings is 2. The highest BCUT2D eigenvalue weighted by molar-refractivity contribution is 7.89. The number of hydrogen-bond donors (Lipinski definition) is 1. The molecule has 2 aliphatic rings. The first-order chi connectivity index (χ1) is 14.5. The normalized spacial score (nSPS) is 21.5. The SMILES string of the molecule is O=C(N[C@@H]1CCN(Cc2ccccc2)C1)C1CCN(S(=O)(=O)c2ccccc2)CC1. The number of rotatable bonds is 6. The fourth-order valence-corrected chi connectivity index (χ4v) is 5.85. The molecule has 1 amide bonds. The van der Waals surface area contributed by atoms with E-state index in [9.17, 15) is 13.2 Å². The molecule has 6 nitrogen and oxygen atoms in total. The summed E-state index contributed by atoms with van der Waals surface area (Å²) in [5, 5.41) is 3.20. The number of hydrogen-bond acceptors (Lipinski definition) is 4. The lowest BCUT2D eigenvalue weighted by Crippen LogP contribution is -2.45. The fourth-order valence-electron chi connectivity index (χ4n) is 4.35. The Labute approximate surface area is 178 Å². The number of nitrogens with one attached hydrogen (secondary N) is 1. The molecule has 4 rings (SSSR count). The van der Waals surface area contributed by atoms with E-state index < -0.39 is 10.0 Å². The summed E-state index contributed by atoms with van der Waals surface area (Å²) in [6, 6.07) is 19.1. The first-order valence-electron chi connectivity index (χ1n) is 10.6. The van der Waals surface area contributed by atoms with Crippen LogP contribution in [0.1, 0.15) is 24.8 Å². The largest absolute Gasteiger partial charge is 0.352 e. The third-order valence-electron chi connectivity index (χ3n) is 6.07. The maximum Gasteiger partial charge on any atom is 0.243 e. The highest BCUT2D eigenvalue weighted by Gasteiger charge is 2.33. The van der Waals surface area contributed by atoms with Crippen LogP contribution >= 0.6 is 0 Å². The molecule has 1 atom stereocenters. The van der Waals surface area contributed by atoms with Crippen molar-refractivity contribution in [3.63, 3.8) is 0 Å². The molecule has 0 bridgehead atoms. The molecule has 1 N–H and O–H groups in total. The summed E-state index contributed by atoms with van der Waals surface area (Å²) < 4.78 is 27.0. The molecule has 30 heavy (non-hydrogen) atoms. The lowest BCUT2D eigenvalue weighted by Gasteiger charge is -2.31. The zero-order chi connectivity index (χ0) is 21.0. The van der Waals surface area contributed by atoms with Crippen LogP contribution in [0.3, 0.4) is 0 Å². The van der Waals surface area contributed by atoms with Crippen LogP contribution in [0.15, 0.2) is 65.6 Å². The molecule has 0 unspecified atom stereocenters. The minimum atomic E-state index is -3.48. The van der Waals surface area contributed by atoms with Gasteiger partial charge in [0, 0.05) is 44.7 Å². The van der Waals surface area contributed by atoms with Gasteiger partial charge < -0.3 is 5.32 Å². The first-order valence-corrected chi connectivity index (χ1v) is 12.1. The summed E-state index contributed by atoms with van der Waals surface area (Å²) in [4.78, 5) is 15.4. The topological polar surface area (TPSA) is 69.7 Å². The molecule has 0 spiro atoms. The molecule has 160 valence electrons. The molecule has 0 aliphatic carbocycles. The summed E-state index contributed by atoms with van der Waals surface area (Å²) in [6.45, 7) is 3.53. The van der Waals surface area contributed by atoms with Gasteiger partial charge in [-0.25, -0.2) is 8.42 Å². The molecule has 0 saturated carbocycles. The highest BCUT2D eigenvalue weighted by atomic mass is 32.2. The monoisotopic (exact) mass is 427 g/mol. The second kappa shape index (κ2) is 9.29. The minimum absolute atomic E-state index is 0.0679. The third-order valence-corrected chi connectivity index (χ3v) is 7.99. The zero-order valence-electron chi connectivity index (χ0n) is 17.1. The molecule has 2 fully saturated rings. The molecule has 2 aliphatic heterocycles. The van der Waals surface area contributed by atoms with Gasteiger partial charge in [0.2, 0.25) is 15.9 Å². The zero-order valence-corrected chi connectivity index (χ0v) is 17.9. The van der Waals surface area contributed by atoms with Gasteiger partial charge in [0.25, 0.3) is 0 Å². The van der Waals surface area contributed by atoms with Crippen molar-refractivity contribution in [2.45, 2.75) is 36.7 Å². The van der Waals surface area contributed by atoms with E-state index in [0.717, 1.165) is 26.1 Å². The molecule has 0 aromatic heterocycles. The van der Waals surface area contributed by atoms with Gasteiger partial charge in [-0.3, -0.25) is 9.69 Å². The van der Waals surface area contributed by atoms with E-state index in [0.29, 0.717) is 30.8 Å². The van der Waals surface area contributed by atoms with Crippen LogP contribution in [-0.2, 0) is 21.4 Å². The van der Waals surface area contributed by atoms with Crippen molar-refractivity contribution in [3.05, 3.63) is 66.2 Å². The van der Waals surface area contributed by atoms with Crippen molar-refractivity contribution >= 4 is 15.9 Å². The van der Waals surface area contributed by atoms with Gasteiger partial charge in [0.1, 0.15) is 0 Å². The van der Waals surface area contributed by atoms with Gasteiger partial charge in [-0.15, -0.1) is 0 Å². The molecule has 0 radical (unpaired) electrons. The van der Waals surface area contributed by atoms with Crippen LogP contribution in [0.4, 0.5) is 0 Å². The van der Waals surface area contributed by atoms with Gasteiger partial charge in [-0.1, -0.05) is 48.5 Å². The van der Waals surface area contributed by atoms with E-state index in [1.165, 1.54) is 9.87 Å². The van der Waals surface area contributed by atoms with E-state index in [4.69, 9.17) is 0 Å². The van der Waals surface area contributed by atoms with Gasteiger partial charge in [0.15, 0.2) is 0 Å². The van der Waals surface area contributed by atoms with Crippen LogP contribution < -0.4 is 5.32 Å². The van der Waals surface area contributed by atoms with Crippen LogP contribution in [0.2, 0.25) is 0 Å². The van der Waals surface area contributed by atoms with E-state index in [1.54, 1.807) is 30.3 Å². The second-order valence-electron chi connectivity index (χ2n) is 8.21. The van der Waals surface area contributed by atoms with Crippen LogP contribution in [-0.4, -0.2) is 55.8 Å². The van der Waals surface area contributed by atoms with Crippen molar-refractivity contribution in [1.29, 1.82) is 0 Å². The quantitative estimate of drug-likeness (QED) is 0.769. The lowest BCUT2D eigenvalue weighted by atomic mass is 9.97. The fraction of sp³-hybridized carbons (Fsp3) is 0.435. The molecular weight excluding hydrogens is 398 g/mol. The minimum Gasteiger partial charge on any atom is -0.352 e. The molecular formula is C23H29N3O3S. The van der Waals surface area contributed by atoms with Crippen molar-refractivity contribution in [1.82, 2.24) is 14.5 Å². The van der Waals surface area contributed by atoms with Gasteiger partial charge in [-0.05, 0) is 37.0 Å². The highest BCUT2D eigenvalue weighted by Crippen LogP contribution is 2.24. The summed E-state index contributed by atoms with van der Waals surface area (Å²) in [5.41, 5.74) is 1.29. The standard InChI is InChI=1S/C23H29N3O3S/c27-23(24-21-13-14-25(18-21)17-19-7-3-1-4-8-19)20-11-15-26(16-12-20)30(28,29)22-9-5-2-6-10-22/h1-10,20-21H,11-18H2,(H,24,27)/t21-/m1/s1. The number of sulfonamides is 1. The maximum absolute atomic E-state index is 12.7. The third kappa shape index (κ3) is 4.91. The van der Waals surface area contributed by atoms with E-state index in [-0.39, 0.29) is 17.9 Å². The smallest absolute Gasteiger partial charge is 0.243 e. The average molecular weight is 428 g/mol. The summed E-state index contributed by atoms with van der Waals surface area (Å²) in [6.07, 6.45) is 2.09. The lowest BCUT2D eigenvalue weighted by molar-refractivity contribution is -0.126. The van der Waals surface area contributed by atoms with Gasteiger partial charge in [0.05, 0.1) is 4.90 Å². The summed E-state index contributed by atoms with van der Waals surface area (Å²) in [7, 11) is -3.48. The van der Waals surface area contributed by atoms with E-state index in [2.05, 4.69) is 34.5 Å². The van der Waals surface area contributed by atoms with Gasteiger partial charge in [-0.2, -0.15) is 4.31 Å². The Balaban J connectivity index is 1.25. The Morgan fingerprint density at radius 2 is 1.53 bits per heavy atom. The van der Waals surface area contributed by atoms with Crippen LogP contribution in [0.25, 0.3) is 0 Å². The van der Waals surface area contributed by atoms with Crippen molar-refractivity contribution in [2.75, 3.05) is 26.2 Å². The predicted octanol–water partition coefficient (Wildman–Crippen LogP) is 2.48. The predicted molar refractivity (Wildman–Crippen MR) is 116 cm³/mol. The van der Waals surface area contributed by atoms with Crippen LogP contribution in [0.5, 0.6) is 0 Å². The van der Waals surface area contributed by atoms with E-state index in [1.807, 2.05) is 6.07 Å².